The van der Waals surface area contributed by atoms with Gasteiger partial charge in [0.2, 0.25) is 0 Å². The predicted octanol–water partition coefficient (Wildman–Crippen LogP) is 2.87. The van der Waals surface area contributed by atoms with Crippen LogP contribution >= 0.6 is 15.9 Å². The summed E-state index contributed by atoms with van der Waals surface area (Å²) in [5.74, 6) is -0.296. The summed E-state index contributed by atoms with van der Waals surface area (Å²) in [4.78, 5) is 11.4. The molecule has 0 aromatic heterocycles. The Bertz CT molecular complexity index is 463. The fraction of sp³-hybridized carbons (Fsp3) is 0.385. The molecule has 0 atom stereocenters. The third kappa shape index (κ3) is 3.31. The molecule has 1 aromatic rings. The van der Waals surface area contributed by atoms with Crippen molar-refractivity contribution in [1.82, 2.24) is 0 Å². The van der Waals surface area contributed by atoms with Crippen LogP contribution in [0.5, 0.6) is 0 Å². The van der Waals surface area contributed by atoms with Crippen molar-refractivity contribution < 1.29 is 9.53 Å². The molecular weight excluding hydrogens is 282 g/mol. The lowest BCUT2D eigenvalue weighted by atomic mass is 9.97. The maximum Gasteiger partial charge on any atom is 0.310 e. The maximum absolute atomic E-state index is 11.4. The van der Waals surface area contributed by atoms with E-state index in [1.165, 1.54) is 0 Å². The zero-order valence-electron chi connectivity index (χ0n) is 9.92. The molecule has 4 heteroatoms. The van der Waals surface area contributed by atoms with E-state index >= 15 is 0 Å². The van der Waals surface area contributed by atoms with E-state index < -0.39 is 0 Å². The van der Waals surface area contributed by atoms with Gasteiger partial charge in [0, 0.05) is 5.33 Å². The number of nitriles is 1. The normalized spacial score (nSPS) is 9.76. The smallest absolute Gasteiger partial charge is 0.310 e. The van der Waals surface area contributed by atoms with Crippen LogP contribution in [-0.4, -0.2) is 12.6 Å². The molecular formula is C13H14BrNO2. The number of rotatable bonds is 4. The number of carbonyl (C=O) groups is 1. The van der Waals surface area contributed by atoms with Crippen LogP contribution in [0.1, 0.15) is 29.2 Å². The zero-order chi connectivity index (χ0) is 12.8. The van der Waals surface area contributed by atoms with Crippen LogP contribution in [0.2, 0.25) is 0 Å². The second-order valence-electron chi connectivity index (χ2n) is 3.61. The Labute approximate surface area is 110 Å². The van der Waals surface area contributed by atoms with Crippen LogP contribution in [0.4, 0.5) is 0 Å². The summed E-state index contributed by atoms with van der Waals surface area (Å²) in [6, 6.07) is 5.91. The number of benzene rings is 1. The van der Waals surface area contributed by atoms with Gasteiger partial charge in [0.25, 0.3) is 0 Å². The molecule has 0 spiro atoms. The molecule has 0 aliphatic heterocycles. The Morgan fingerprint density at radius 2 is 2.12 bits per heavy atom. The first kappa shape index (κ1) is 13.7. The Kier molecular flexibility index (Phi) is 5.17. The van der Waals surface area contributed by atoms with Gasteiger partial charge in [-0.15, -0.1) is 0 Å². The molecule has 0 N–H and O–H groups in total. The standard InChI is InChI=1S/C13H14BrNO2/c1-3-17-13(16)6-10-4-5-11(7-14)9(2)12(10)8-15/h4-5H,3,6-7H2,1-2H3. The fourth-order valence-corrected chi connectivity index (χ4v) is 2.23. The average molecular weight is 296 g/mol. The highest BCUT2D eigenvalue weighted by Crippen LogP contribution is 2.20. The number of ether oxygens (including phenoxy) is 1. The van der Waals surface area contributed by atoms with Gasteiger partial charge in [-0.3, -0.25) is 4.79 Å². The number of carbonyl (C=O) groups excluding carboxylic acids is 1. The Hall–Kier alpha value is -1.34. The summed E-state index contributed by atoms with van der Waals surface area (Å²) < 4.78 is 4.88. The SMILES string of the molecule is CCOC(=O)Cc1ccc(CBr)c(C)c1C#N. The van der Waals surface area contributed by atoms with Crippen molar-refractivity contribution in [3.8, 4) is 6.07 Å². The van der Waals surface area contributed by atoms with Crippen LogP contribution < -0.4 is 0 Å². The summed E-state index contributed by atoms with van der Waals surface area (Å²) >= 11 is 3.37. The van der Waals surface area contributed by atoms with Gasteiger partial charge < -0.3 is 4.74 Å². The molecule has 0 aliphatic carbocycles. The van der Waals surface area contributed by atoms with Gasteiger partial charge in [0.1, 0.15) is 0 Å². The van der Waals surface area contributed by atoms with Crippen molar-refractivity contribution in [3.05, 3.63) is 34.4 Å². The third-order valence-electron chi connectivity index (χ3n) is 2.56. The molecule has 0 saturated carbocycles. The number of esters is 1. The van der Waals surface area contributed by atoms with Gasteiger partial charge >= 0.3 is 5.97 Å². The lowest BCUT2D eigenvalue weighted by Crippen LogP contribution is -2.09. The highest BCUT2D eigenvalue weighted by molar-refractivity contribution is 9.08. The summed E-state index contributed by atoms with van der Waals surface area (Å²) in [5.41, 5.74) is 3.29. The van der Waals surface area contributed by atoms with E-state index in [1.54, 1.807) is 6.92 Å². The second-order valence-corrected chi connectivity index (χ2v) is 4.17. The number of hydrogen-bond donors (Lipinski definition) is 0. The average Bonchev–Trinajstić information content (AvgIpc) is 2.30. The molecule has 0 unspecified atom stereocenters. The highest BCUT2D eigenvalue weighted by Gasteiger charge is 2.12. The second kappa shape index (κ2) is 6.41. The lowest BCUT2D eigenvalue weighted by Gasteiger charge is -2.09. The third-order valence-corrected chi connectivity index (χ3v) is 3.16. The molecule has 0 amide bonds. The Morgan fingerprint density at radius 1 is 1.47 bits per heavy atom. The van der Waals surface area contributed by atoms with E-state index in [4.69, 9.17) is 10.00 Å². The number of nitrogens with zero attached hydrogens (tertiary/aromatic N) is 1. The van der Waals surface area contributed by atoms with Crippen molar-refractivity contribution in [1.29, 1.82) is 5.26 Å². The van der Waals surface area contributed by atoms with Crippen molar-refractivity contribution in [2.75, 3.05) is 6.61 Å². The van der Waals surface area contributed by atoms with Crippen LogP contribution in [0.25, 0.3) is 0 Å². The Balaban J connectivity index is 3.06. The number of hydrogen-bond acceptors (Lipinski definition) is 3. The highest BCUT2D eigenvalue weighted by atomic mass is 79.9. The van der Waals surface area contributed by atoms with Gasteiger partial charge in [0.15, 0.2) is 0 Å². The van der Waals surface area contributed by atoms with Gasteiger partial charge in [0.05, 0.1) is 24.7 Å². The van der Waals surface area contributed by atoms with Crippen molar-refractivity contribution >= 4 is 21.9 Å². The van der Waals surface area contributed by atoms with Crippen LogP contribution in [-0.2, 0) is 21.3 Å². The van der Waals surface area contributed by atoms with Crippen LogP contribution in [0, 0.1) is 18.3 Å². The molecule has 90 valence electrons. The zero-order valence-corrected chi connectivity index (χ0v) is 11.5. The fourth-order valence-electron chi connectivity index (χ4n) is 1.63. The van der Waals surface area contributed by atoms with E-state index in [1.807, 2.05) is 19.1 Å². The van der Waals surface area contributed by atoms with Crippen molar-refractivity contribution in [2.45, 2.75) is 25.6 Å². The summed E-state index contributed by atoms with van der Waals surface area (Å²) in [6.45, 7) is 4.02. The minimum Gasteiger partial charge on any atom is -0.466 e. The van der Waals surface area contributed by atoms with Crippen LogP contribution in [0.15, 0.2) is 12.1 Å². The van der Waals surface area contributed by atoms with Crippen molar-refractivity contribution in [2.24, 2.45) is 0 Å². The minimum atomic E-state index is -0.296. The lowest BCUT2D eigenvalue weighted by molar-refractivity contribution is -0.142. The van der Waals surface area contributed by atoms with E-state index in [0.29, 0.717) is 17.5 Å². The molecule has 17 heavy (non-hydrogen) atoms. The molecule has 0 saturated heterocycles. The molecule has 0 heterocycles. The van der Waals surface area contributed by atoms with E-state index in [2.05, 4.69) is 22.0 Å². The molecule has 0 bridgehead atoms. The van der Waals surface area contributed by atoms with Gasteiger partial charge in [-0.1, -0.05) is 28.1 Å². The maximum atomic E-state index is 11.4. The van der Waals surface area contributed by atoms with Gasteiger partial charge in [-0.2, -0.15) is 5.26 Å². The predicted molar refractivity (Wildman–Crippen MR) is 68.9 cm³/mol. The molecule has 1 rings (SSSR count). The first-order chi connectivity index (χ1) is 8.13. The quantitative estimate of drug-likeness (QED) is 0.634. The molecule has 3 nitrogen and oxygen atoms in total. The van der Waals surface area contributed by atoms with Gasteiger partial charge in [-0.05, 0) is 30.5 Å². The first-order valence-corrected chi connectivity index (χ1v) is 6.49. The number of halogens is 1. The number of alkyl halides is 1. The monoisotopic (exact) mass is 295 g/mol. The van der Waals surface area contributed by atoms with Gasteiger partial charge in [-0.25, -0.2) is 0 Å². The van der Waals surface area contributed by atoms with Crippen LogP contribution in [0.3, 0.4) is 0 Å². The summed E-state index contributed by atoms with van der Waals surface area (Å²) in [5, 5.41) is 9.85. The van der Waals surface area contributed by atoms with E-state index in [9.17, 15) is 4.79 Å². The molecule has 0 radical (unpaired) electrons. The van der Waals surface area contributed by atoms with E-state index in [0.717, 1.165) is 16.7 Å². The summed E-state index contributed by atoms with van der Waals surface area (Å²) in [7, 11) is 0. The summed E-state index contributed by atoms with van der Waals surface area (Å²) in [6.07, 6.45) is 0.153. The largest absolute Gasteiger partial charge is 0.466 e. The van der Waals surface area contributed by atoms with E-state index in [-0.39, 0.29) is 12.4 Å². The van der Waals surface area contributed by atoms with Crippen molar-refractivity contribution in [3.63, 3.8) is 0 Å². The first-order valence-electron chi connectivity index (χ1n) is 5.37. The molecule has 1 aromatic carbocycles. The molecule has 0 fully saturated rings. The minimum absolute atomic E-state index is 0.153. The molecule has 0 aliphatic rings. The topological polar surface area (TPSA) is 50.1 Å². The Morgan fingerprint density at radius 3 is 2.65 bits per heavy atom.